The van der Waals surface area contributed by atoms with E-state index in [1.807, 2.05) is 6.07 Å². The molecule has 0 unspecified atom stereocenters. The van der Waals surface area contributed by atoms with Crippen molar-refractivity contribution in [1.29, 1.82) is 0 Å². The van der Waals surface area contributed by atoms with Crippen molar-refractivity contribution < 1.29 is 13.2 Å². The molecule has 1 aliphatic heterocycles. The summed E-state index contributed by atoms with van der Waals surface area (Å²) in [7, 11) is -3.58. The summed E-state index contributed by atoms with van der Waals surface area (Å²) in [6, 6.07) is 16.7. The van der Waals surface area contributed by atoms with Crippen LogP contribution in [0.3, 0.4) is 0 Å². The average Bonchev–Trinajstić information content (AvgIpc) is 2.83. The van der Waals surface area contributed by atoms with Crippen molar-refractivity contribution in [3.05, 3.63) is 60.2 Å². The van der Waals surface area contributed by atoms with E-state index in [0.29, 0.717) is 25.2 Å². The first-order chi connectivity index (χ1) is 15.5. The van der Waals surface area contributed by atoms with Crippen LogP contribution < -0.4 is 10.2 Å². The van der Waals surface area contributed by atoms with E-state index in [9.17, 15) is 13.2 Å². The van der Waals surface area contributed by atoms with Crippen LogP contribution in [0, 0.1) is 0 Å². The molecule has 3 rings (SSSR count). The van der Waals surface area contributed by atoms with Gasteiger partial charge in [-0.3, -0.25) is 9.69 Å². The van der Waals surface area contributed by atoms with Crippen LogP contribution in [-0.4, -0.2) is 75.9 Å². The van der Waals surface area contributed by atoms with E-state index in [0.717, 1.165) is 39.1 Å². The Kier molecular flexibility index (Phi) is 8.67. The second-order valence-corrected chi connectivity index (χ2v) is 9.83. The largest absolute Gasteiger partial charge is 0.369 e. The van der Waals surface area contributed by atoms with Gasteiger partial charge in [-0.25, -0.2) is 8.42 Å². The molecule has 1 heterocycles. The third-order valence-electron chi connectivity index (χ3n) is 5.87. The zero-order valence-electron chi connectivity index (χ0n) is 19.0. The van der Waals surface area contributed by atoms with Crippen molar-refractivity contribution in [2.45, 2.75) is 25.2 Å². The lowest BCUT2D eigenvalue weighted by atomic mass is 10.2. The van der Waals surface area contributed by atoms with Crippen LogP contribution in [0.2, 0.25) is 0 Å². The summed E-state index contributed by atoms with van der Waals surface area (Å²) in [6.07, 6.45) is 0.856. The molecule has 0 atom stereocenters. The number of nitrogens with one attached hydrogen (secondary N) is 1. The first-order valence-electron chi connectivity index (χ1n) is 11.4. The lowest BCUT2D eigenvalue weighted by Crippen LogP contribution is -2.47. The third kappa shape index (κ3) is 6.09. The fraction of sp³-hybridized carbons (Fsp3) is 0.458. The number of carbonyl (C=O) groups is 1. The SMILES string of the molecule is CCN(CC)S(=O)(=O)c1cccc(C(=O)NCCCN2CCN(c3ccccc3)CC2)c1. The standard InChI is InChI=1S/C24H34N4O3S/c1-3-28(4-2)32(30,31)23-13-8-10-21(20-23)24(29)25-14-9-15-26-16-18-27(19-17-26)22-11-6-5-7-12-22/h5-8,10-13,20H,3-4,9,14-19H2,1-2H3,(H,25,29). The predicted molar refractivity (Wildman–Crippen MR) is 129 cm³/mol. The molecule has 1 amide bonds. The number of hydrogen-bond acceptors (Lipinski definition) is 5. The summed E-state index contributed by atoms with van der Waals surface area (Å²) in [6.45, 7) is 9.92. The van der Waals surface area contributed by atoms with Crippen LogP contribution in [0.5, 0.6) is 0 Å². The molecule has 7 nitrogen and oxygen atoms in total. The Labute approximate surface area is 192 Å². The van der Waals surface area contributed by atoms with Crippen molar-refractivity contribution in [2.75, 3.05) is 57.3 Å². The van der Waals surface area contributed by atoms with Gasteiger partial charge in [-0.1, -0.05) is 38.1 Å². The molecule has 2 aromatic rings. The summed E-state index contributed by atoms with van der Waals surface area (Å²) < 4.78 is 26.8. The third-order valence-corrected chi connectivity index (χ3v) is 7.92. The van der Waals surface area contributed by atoms with Crippen molar-refractivity contribution in [1.82, 2.24) is 14.5 Å². The van der Waals surface area contributed by atoms with Crippen molar-refractivity contribution in [2.24, 2.45) is 0 Å². The lowest BCUT2D eigenvalue weighted by Gasteiger charge is -2.36. The maximum atomic E-state index is 12.7. The molecule has 1 saturated heterocycles. The molecule has 0 saturated carbocycles. The van der Waals surface area contributed by atoms with E-state index in [1.54, 1.807) is 32.0 Å². The average molecular weight is 459 g/mol. The van der Waals surface area contributed by atoms with Gasteiger partial charge in [-0.05, 0) is 43.3 Å². The molecule has 1 N–H and O–H groups in total. The molecule has 0 spiro atoms. The zero-order chi connectivity index (χ0) is 23.0. The number of benzene rings is 2. The number of anilines is 1. The van der Waals surface area contributed by atoms with Gasteiger partial charge in [0, 0.05) is 57.1 Å². The second kappa shape index (κ2) is 11.4. The molecule has 174 valence electrons. The number of amides is 1. The van der Waals surface area contributed by atoms with E-state index in [1.165, 1.54) is 16.1 Å². The quantitative estimate of drug-likeness (QED) is 0.554. The minimum Gasteiger partial charge on any atom is -0.369 e. The Morgan fingerprint density at radius 2 is 1.66 bits per heavy atom. The number of carbonyl (C=O) groups excluding carboxylic acids is 1. The van der Waals surface area contributed by atoms with Crippen molar-refractivity contribution >= 4 is 21.6 Å². The van der Waals surface area contributed by atoms with Gasteiger partial charge in [0.15, 0.2) is 0 Å². The van der Waals surface area contributed by atoms with Gasteiger partial charge in [0.25, 0.3) is 5.91 Å². The lowest BCUT2D eigenvalue weighted by molar-refractivity contribution is 0.0951. The second-order valence-electron chi connectivity index (χ2n) is 7.89. The van der Waals surface area contributed by atoms with Gasteiger partial charge < -0.3 is 10.2 Å². The summed E-state index contributed by atoms with van der Waals surface area (Å²) in [4.78, 5) is 17.5. The molecule has 0 aliphatic carbocycles. The van der Waals surface area contributed by atoms with Gasteiger partial charge in [0.1, 0.15) is 0 Å². The maximum absolute atomic E-state index is 12.7. The minimum atomic E-state index is -3.58. The normalized spacial score (nSPS) is 15.2. The van der Waals surface area contributed by atoms with E-state index >= 15 is 0 Å². The van der Waals surface area contributed by atoms with Gasteiger partial charge in [-0.2, -0.15) is 4.31 Å². The molecular formula is C24H34N4O3S. The minimum absolute atomic E-state index is 0.158. The Hall–Kier alpha value is -2.42. The van der Waals surface area contributed by atoms with Crippen LogP contribution >= 0.6 is 0 Å². The van der Waals surface area contributed by atoms with Crippen LogP contribution in [0.4, 0.5) is 5.69 Å². The fourth-order valence-corrected chi connectivity index (χ4v) is 5.49. The smallest absolute Gasteiger partial charge is 0.251 e. The Morgan fingerprint density at radius 3 is 2.31 bits per heavy atom. The molecule has 1 aliphatic rings. The molecule has 0 radical (unpaired) electrons. The monoisotopic (exact) mass is 458 g/mol. The highest BCUT2D eigenvalue weighted by Crippen LogP contribution is 2.17. The van der Waals surface area contributed by atoms with Crippen molar-refractivity contribution in [3.63, 3.8) is 0 Å². The summed E-state index contributed by atoms with van der Waals surface area (Å²) in [5.74, 6) is -0.240. The van der Waals surface area contributed by atoms with Crippen LogP contribution in [-0.2, 0) is 10.0 Å². The van der Waals surface area contributed by atoms with E-state index in [4.69, 9.17) is 0 Å². The van der Waals surface area contributed by atoms with Crippen LogP contribution in [0.1, 0.15) is 30.6 Å². The number of sulfonamides is 1. The van der Waals surface area contributed by atoms with Crippen molar-refractivity contribution in [3.8, 4) is 0 Å². The maximum Gasteiger partial charge on any atom is 0.251 e. The van der Waals surface area contributed by atoms with E-state index in [2.05, 4.69) is 39.4 Å². The fourth-order valence-electron chi connectivity index (χ4n) is 3.99. The van der Waals surface area contributed by atoms with Gasteiger partial charge in [-0.15, -0.1) is 0 Å². The molecule has 8 heteroatoms. The zero-order valence-corrected chi connectivity index (χ0v) is 19.9. The number of para-hydroxylation sites is 1. The van der Waals surface area contributed by atoms with E-state index in [-0.39, 0.29) is 10.8 Å². The first-order valence-corrected chi connectivity index (χ1v) is 12.8. The predicted octanol–water partition coefficient (Wildman–Crippen LogP) is 2.66. The summed E-state index contributed by atoms with van der Waals surface area (Å²) in [5, 5.41) is 2.92. The molecule has 0 bridgehead atoms. The molecule has 2 aromatic carbocycles. The molecule has 1 fully saturated rings. The van der Waals surface area contributed by atoms with Crippen LogP contribution in [0.15, 0.2) is 59.5 Å². The van der Waals surface area contributed by atoms with Gasteiger partial charge in [0.05, 0.1) is 4.90 Å². The highest BCUT2D eigenvalue weighted by atomic mass is 32.2. The first kappa shape index (κ1) is 24.2. The Balaban J connectivity index is 1.44. The highest BCUT2D eigenvalue weighted by molar-refractivity contribution is 7.89. The molecule has 0 aromatic heterocycles. The Morgan fingerprint density at radius 1 is 0.969 bits per heavy atom. The summed E-state index contributed by atoms with van der Waals surface area (Å²) in [5.41, 5.74) is 1.64. The number of rotatable bonds is 10. The molecular weight excluding hydrogens is 424 g/mol. The number of piperazine rings is 1. The topological polar surface area (TPSA) is 73.0 Å². The number of nitrogens with zero attached hydrogens (tertiary/aromatic N) is 3. The molecule has 32 heavy (non-hydrogen) atoms. The summed E-state index contributed by atoms with van der Waals surface area (Å²) >= 11 is 0. The van der Waals surface area contributed by atoms with Gasteiger partial charge >= 0.3 is 0 Å². The van der Waals surface area contributed by atoms with Crippen LogP contribution in [0.25, 0.3) is 0 Å². The Bertz CT molecular complexity index is 970. The highest BCUT2D eigenvalue weighted by Gasteiger charge is 2.22. The van der Waals surface area contributed by atoms with Gasteiger partial charge in [0.2, 0.25) is 10.0 Å². The number of hydrogen-bond donors (Lipinski definition) is 1. The van der Waals surface area contributed by atoms with E-state index < -0.39 is 10.0 Å².